The molecule has 0 aliphatic heterocycles. The maximum Gasteiger partial charge on any atom is 0.275 e. The summed E-state index contributed by atoms with van der Waals surface area (Å²) in [5, 5.41) is 16.9. The summed E-state index contributed by atoms with van der Waals surface area (Å²) < 4.78 is 5.55. The van der Waals surface area contributed by atoms with Crippen LogP contribution in [0.15, 0.2) is 48.5 Å². The van der Waals surface area contributed by atoms with Crippen LogP contribution in [0.2, 0.25) is 5.02 Å². The lowest BCUT2D eigenvalue weighted by Gasteiger charge is -2.08. The van der Waals surface area contributed by atoms with Crippen LogP contribution in [0, 0.1) is 0 Å². The van der Waals surface area contributed by atoms with E-state index >= 15 is 0 Å². The van der Waals surface area contributed by atoms with Gasteiger partial charge in [0, 0.05) is 17.3 Å². The van der Waals surface area contributed by atoms with Gasteiger partial charge in [0.15, 0.2) is 11.5 Å². The Balaban J connectivity index is 1.58. The summed E-state index contributed by atoms with van der Waals surface area (Å²) >= 11 is 5.88. The monoisotopic (exact) mass is 385 g/mol. The molecule has 1 heterocycles. The number of rotatable bonds is 8. The highest BCUT2D eigenvalue weighted by molar-refractivity contribution is 6.30. The summed E-state index contributed by atoms with van der Waals surface area (Å²) in [6.07, 6.45) is 0.960. The molecule has 0 unspecified atom stereocenters. The minimum absolute atomic E-state index is 0.188. The molecule has 8 heteroatoms. The predicted octanol–water partition coefficient (Wildman–Crippen LogP) is 3.92. The number of aromatic amines is 1. The number of carbonyl (C=O) groups is 1. The Bertz CT molecular complexity index is 878. The molecular weight excluding hydrogens is 366 g/mol. The average Bonchev–Trinajstić information content (AvgIpc) is 3.15. The van der Waals surface area contributed by atoms with Crippen molar-refractivity contribution in [2.75, 3.05) is 11.9 Å². The number of nitrogens with one attached hydrogen (secondary N) is 3. The topological polar surface area (TPSA) is 91.9 Å². The standard InChI is InChI=1S/C19H20ClN5O2/c1-2-11-27-16-9-3-13(4-10-16)12-21-19(26)17-18(24-25-23-17)22-15-7-5-14(20)6-8-15/h3-10H,2,11-12H2,1H3,(H,21,26)(H2,22,23,24,25). The van der Waals surface area contributed by atoms with Crippen LogP contribution in [0.1, 0.15) is 29.4 Å². The van der Waals surface area contributed by atoms with Crippen molar-refractivity contribution in [1.82, 2.24) is 20.7 Å². The molecule has 2 aromatic carbocycles. The van der Waals surface area contributed by atoms with E-state index < -0.39 is 0 Å². The van der Waals surface area contributed by atoms with Gasteiger partial charge in [-0.05, 0) is 48.4 Å². The number of aromatic nitrogens is 3. The summed E-state index contributed by atoms with van der Waals surface area (Å²) in [5.74, 6) is 0.836. The molecule has 0 saturated carbocycles. The lowest BCUT2D eigenvalue weighted by Crippen LogP contribution is -2.24. The fourth-order valence-corrected chi connectivity index (χ4v) is 2.46. The lowest BCUT2D eigenvalue weighted by atomic mass is 10.2. The molecule has 3 rings (SSSR count). The normalized spacial score (nSPS) is 10.4. The Morgan fingerprint density at radius 3 is 2.56 bits per heavy atom. The second kappa shape index (κ2) is 9.05. The maximum atomic E-state index is 12.4. The third-order valence-corrected chi connectivity index (χ3v) is 3.97. The number of hydrogen-bond donors (Lipinski definition) is 3. The first kappa shape index (κ1) is 18.7. The van der Waals surface area contributed by atoms with Crippen LogP contribution in [-0.4, -0.2) is 27.9 Å². The first-order valence-corrected chi connectivity index (χ1v) is 8.97. The molecule has 0 aliphatic rings. The highest BCUT2D eigenvalue weighted by atomic mass is 35.5. The van der Waals surface area contributed by atoms with E-state index in [9.17, 15) is 4.79 Å². The third kappa shape index (κ3) is 5.21. The fourth-order valence-electron chi connectivity index (χ4n) is 2.34. The van der Waals surface area contributed by atoms with Crippen molar-refractivity contribution in [3.05, 3.63) is 64.8 Å². The average molecular weight is 386 g/mol. The van der Waals surface area contributed by atoms with Crippen molar-refractivity contribution in [3.63, 3.8) is 0 Å². The predicted molar refractivity (Wildman–Crippen MR) is 105 cm³/mol. The van der Waals surface area contributed by atoms with E-state index in [0.717, 1.165) is 23.4 Å². The van der Waals surface area contributed by atoms with Crippen LogP contribution < -0.4 is 15.4 Å². The van der Waals surface area contributed by atoms with Crippen LogP contribution in [0.5, 0.6) is 5.75 Å². The third-order valence-electron chi connectivity index (χ3n) is 3.72. The molecule has 0 atom stereocenters. The van der Waals surface area contributed by atoms with Gasteiger partial charge in [0.25, 0.3) is 5.91 Å². The summed E-state index contributed by atoms with van der Waals surface area (Å²) in [4.78, 5) is 12.4. The Morgan fingerprint density at radius 1 is 1.11 bits per heavy atom. The molecule has 0 spiro atoms. The molecule has 0 aliphatic carbocycles. The smallest absolute Gasteiger partial charge is 0.275 e. The van der Waals surface area contributed by atoms with Gasteiger partial charge in [0.1, 0.15) is 5.75 Å². The number of hydrogen-bond acceptors (Lipinski definition) is 5. The minimum Gasteiger partial charge on any atom is -0.494 e. The van der Waals surface area contributed by atoms with Crippen LogP contribution in [-0.2, 0) is 6.54 Å². The maximum absolute atomic E-state index is 12.4. The van der Waals surface area contributed by atoms with Crippen molar-refractivity contribution < 1.29 is 9.53 Å². The summed E-state index contributed by atoms with van der Waals surface area (Å²) in [6.45, 7) is 3.12. The van der Waals surface area contributed by atoms with Crippen molar-refractivity contribution in [1.29, 1.82) is 0 Å². The summed E-state index contributed by atoms with van der Waals surface area (Å²) in [6, 6.07) is 14.7. The molecule has 1 aromatic heterocycles. The van der Waals surface area contributed by atoms with Gasteiger partial charge in [0.2, 0.25) is 0 Å². The molecule has 27 heavy (non-hydrogen) atoms. The first-order chi connectivity index (χ1) is 13.2. The lowest BCUT2D eigenvalue weighted by molar-refractivity contribution is 0.0946. The number of carbonyl (C=O) groups excluding carboxylic acids is 1. The molecule has 0 fully saturated rings. The Morgan fingerprint density at radius 2 is 1.85 bits per heavy atom. The number of nitrogens with zero attached hydrogens (tertiary/aromatic N) is 2. The van der Waals surface area contributed by atoms with Crippen molar-refractivity contribution >= 4 is 29.0 Å². The second-order valence-electron chi connectivity index (χ2n) is 5.83. The Kier molecular flexibility index (Phi) is 6.27. The first-order valence-electron chi connectivity index (χ1n) is 8.59. The van der Waals surface area contributed by atoms with E-state index in [0.29, 0.717) is 24.0 Å². The molecule has 3 aromatic rings. The quantitative estimate of drug-likeness (QED) is 0.546. The second-order valence-corrected chi connectivity index (χ2v) is 6.26. The van der Waals surface area contributed by atoms with Gasteiger partial charge in [-0.25, -0.2) is 0 Å². The summed E-state index contributed by atoms with van der Waals surface area (Å²) in [7, 11) is 0. The molecule has 0 radical (unpaired) electrons. The van der Waals surface area contributed by atoms with E-state index in [4.69, 9.17) is 16.3 Å². The number of amides is 1. The van der Waals surface area contributed by atoms with Crippen molar-refractivity contribution in [3.8, 4) is 5.75 Å². The largest absolute Gasteiger partial charge is 0.494 e. The van der Waals surface area contributed by atoms with Crippen molar-refractivity contribution in [2.24, 2.45) is 0 Å². The Hall–Kier alpha value is -3.06. The van der Waals surface area contributed by atoms with Gasteiger partial charge in [-0.2, -0.15) is 5.21 Å². The number of anilines is 2. The van der Waals surface area contributed by atoms with Crippen LogP contribution >= 0.6 is 11.6 Å². The van der Waals surface area contributed by atoms with E-state index in [2.05, 4.69) is 33.0 Å². The van der Waals surface area contributed by atoms with E-state index in [1.54, 1.807) is 24.3 Å². The van der Waals surface area contributed by atoms with Crippen LogP contribution in [0.4, 0.5) is 11.5 Å². The molecule has 3 N–H and O–H groups in total. The fraction of sp³-hybridized carbons (Fsp3) is 0.211. The molecule has 0 saturated heterocycles. The van der Waals surface area contributed by atoms with Gasteiger partial charge >= 0.3 is 0 Å². The summed E-state index contributed by atoms with van der Waals surface area (Å²) in [5.41, 5.74) is 1.90. The molecule has 1 amide bonds. The zero-order valence-electron chi connectivity index (χ0n) is 14.8. The van der Waals surface area contributed by atoms with Gasteiger partial charge in [-0.15, -0.1) is 10.2 Å². The van der Waals surface area contributed by atoms with Gasteiger partial charge in [0.05, 0.1) is 6.61 Å². The number of H-pyrrole nitrogens is 1. The molecule has 7 nitrogen and oxygen atoms in total. The SMILES string of the molecule is CCCOc1ccc(CNC(=O)c2n[nH]nc2Nc2ccc(Cl)cc2)cc1. The molecule has 0 bridgehead atoms. The minimum atomic E-state index is -0.327. The van der Waals surface area contributed by atoms with Gasteiger partial charge in [-0.1, -0.05) is 30.7 Å². The van der Waals surface area contributed by atoms with E-state index in [-0.39, 0.29) is 11.6 Å². The van der Waals surface area contributed by atoms with Crippen LogP contribution in [0.3, 0.4) is 0 Å². The zero-order chi connectivity index (χ0) is 19.1. The van der Waals surface area contributed by atoms with Crippen LogP contribution in [0.25, 0.3) is 0 Å². The molecular formula is C19H20ClN5O2. The van der Waals surface area contributed by atoms with Gasteiger partial charge in [-0.3, -0.25) is 4.79 Å². The number of ether oxygens (including phenoxy) is 1. The number of halogens is 1. The highest BCUT2D eigenvalue weighted by Gasteiger charge is 2.16. The number of benzene rings is 2. The van der Waals surface area contributed by atoms with Gasteiger partial charge < -0.3 is 15.4 Å². The van der Waals surface area contributed by atoms with Crippen molar-refractivity contribution in [2.45, 2.75) is 19.9 Å². The zero-order valence-corrected chi connectivity index (χ0v) is 15.6. The molecule has 140 valence electrons. The Labute approximate surface area is 162 Å². The highest BCUT2D eigenvalue weighted by Crippen LogP contribution is 2.19. The van der Waals surface area contributed by atoms with E-state index in [1.165, 1.54) is 0 Å². The van der Waals surface area contributed by atoms with E-state index in [1.807, 2.05) is 24.3 Å².